The number of fused-ring (bicyclic) bond motifs is 1. The fourth-order valence-electron chi connectivity index (χ4n) is 4.25. The highest BCUT2D eigenvalue weighted by Crippen LogP contribution is 2.42. The first-order chi connectivity index (χ1) is 16.9. The molecule has 0 atom stereocenters. The highest BCUT2D eigenvalue weighted by Gasteiger charge is 2.35. The predicted molar refractivity (Wildman–Crippen MR) is 147 cm³/mol. The first kappa shape index (κ1) is 23.0. The Morgan fingerprint density at radius 3 is 2.11 bits per heavy atom. The maximum absolute atomic E-state index is 12.8. The average Bonchev–Trinajstić information content (AvgIpc) is 3.34. The van der Waals surface area contributed by atoms with E-state index in [1.807, 2.05) is 30.3 Å². The maximum atomic E-state index is 12.8. The number of nitrogens with zero attached hydrogens (tertiary/aromatic N) is 3. The predicted octanol–water partition coefficient (Wildman–Crippen LogP) is 6.28. The number of para-hydroxylation sites is 1. The number of anilines is 3. The molecule has 2 heterocycles. The molecule has 7 heteroatoms. The van der Waals surface area contributed by atoms with E-state index in [2.05, 4.69) is 60.4 Å². The van der Waals surface area contributed by atoms with Crippen LogP contribution in [0.5, 0.6) is 0 Å². The molecule has 5 rings (SSSR count). The molecule has 0 aliphatic carbocycles. The van der Waals surface area contributed by atoms with Gasteiger partial charge in [-0.25, -0.2) is 0 Å². The van der Waals surface area contributed by atoms with E-state index in [9.17, 15) is 9.59 Å². The molecule has 0 spiro atoms. The molecule has 174 valence electrons. The van der Waals surface area contributed by atoms with Gasteiger partial charge in [0.15, 0.2) is 5.11 Å². The summed E-state index contributed by atoms with van der Waals surface area (Å²) in [6.45, 7) is 2.12. The van der Waals surface area contributed by atoms with Crippen LogP contribution in [0.3, 0.4) is 0 Å². The Bertz CT molecular complexity index is 1480. The Morgan fingerprint density at radius 2 is 1.43 bits per heavy atom. The summed E-state index contributed by atoms with van der Waals surface area (Å²) in [5.41, 5.74) is 3.41. The molecule has 2 amide bonds. The first-order valence-corrected chi connectivity index (χ1v) is 12.3. The van der Waals surface area contributed by atoms with Crippen molar-refractivity contribution >= 4 is 73.7 Å². The smallest absolute Gasteiger partial charge is 0.265 e. The quantitative estimate of drug-likeness (QED) is 0.189. The third-order valence-electron chi connectivity index (χ3n) is 6.14. The van der Waals surface area contributed by atoms with E-state index < -0.39 is 11.8 Å². The van der Waals surface area contributed by atoms with Crippen molar-refractivity contribution in [2.45, 2.75) is 6.92 Å². The number of thiocarbonyl (C=S) groups is 1. The third kappa shape index (κ3) is 4.03. The fraction of sp³-hybridized carbons (Fsp3) is 0.107. The molecule has 0 N–H and O–H groups in total. The minimum absolute atomic E-state index is 0.101. The molecule has 5 nitrogen and oxygen atoms in total. The zero-order chi connectivity index (χ0) is 24.7. The Hall–Kier alpha value is -3.81. The van der Waals surface area contributed by atoms with Gasteiger partial charge >= 0.3 is 0 Å². The van der Waals surface area contributed by atoms with Gasteiger partial charge < -0.3 is 4.90 Å². The summed E-state index contributed by atoms with van der Waals surface area (Å²) in [6.07, 6.45) is 1.66. The summed E-state index contributed by atoms with van der Waals surface area (Å²) in [4.78, 5) is 31.2. The number of likely N-dealkylation sites (N-methyl/N-ethyl adjacent to an activating group) is 2. The van der Waals surface area contributed by atoms with Crippen molar-refractivity contribution in [2.24, 2.45) is 0 Å². The summed E-state index contributed by atoms with van der Waals surface area (Å²) < 4.78 is 0. The summed E-state index contributed by atoms with van der Waals surface area (Å²) in [5, 5.41) is 3.53. The highest BCUT2D eigenvalue weighted by molar-refractivity contribution is 7.80. The number of rotatable bonds is 4. The van der Waals surface area contributed by atoms with E-state index in [4.69, 9.17) is 12.2 Å². The van der Waals surface area contributed by atoms with E-state index in [1.165, 1.54) is 32.1 Å². The van der Waals surface area contributed by atoms with Crippen molar-refractivity contribution in [3.63, 3.8) is 0 Å². The largest absolute Gasteiger partial charge is 0.301 e. The lowest BCUT2D eigenvalue weighted by Crippen LogP contribution is -2.52. The molecule has 0 unspecified atom stereocenters. The minimum atomic E-state index is -0.391. The molecular weight excluding hydrogens is 474 g/mol. The van der Waals surface area contributed by atoms with Gasteiger partial charge in [0.2, 0.25) is 0 Å². The van der Waals surface area contributed by atoms with E-state index >= 15 is 0 Å². The van der Waals surface area contributed by atoms with Gasteiger partial charge in [-0.1, -0.05) is 48.5 Å². The van der Waals surface area contributed by atoms with Crippen LogP contribution in [0.15, 0.2) is 84.4 Å². The van der Waals surface area contributed by atoms with Crippen molar-refractivity contribution in [1.82, 2.24) is 9.80 Å². The number of thiophene rings is 1. The van der Waals surface area contributed by atoms with Gasteiger partial charge in [-0.05, 0) is 66.5 Å². The van der Waals surface area contributed by atoms with E-state index in [1.54, 1.807) is 20.2 Å². The van der Waals surface area contributed by atoms with Gasteiger partial charge in [0.1, 0.15) is 10.6 Å². The molecular formula is C28H23N3O2S2. The lowest BCUT2D eigenvalue weighted by Gasteiger charge is -2.31. The molecule has 1 fully saturated rings. The molecule has 0 radical (unpaired) electrons. The van der Waals surface area contributed by atoms with Gasteiger partial charge in [-0.15, -0.1) is 11.3 Å². The lowest BCUT2D eigenvalue weighted by atomic mass is 10.0. The molecule has 3 aromatic carbocycles. The van der Waals surface area contributed by atoms with Crippen LogP contribution in [-0.4, -0.2) is 40.8 Å². The fourth-order valence-corrected chi connectivity index (χ4v) is 5.40. The normalized spacial score (nSPS) is 14.1. The molecule has 4 aromatic rings. The molecule has 1 aromatic heterocycles. The van der Waals surface area contributed by atoms with Crippen molar-refractivity contribution < 1.29 is 9.59 Å². The topological polar surface area (TPSA) is 43.9 Å². The zero-order valence-corrected chi connectivity index (χ0v) is 21.2. The van der Waals surface area contributed by atoms with Crippen LogP contribution < -0.4 is 4.90 Å². The van der Waals surface area contributed by atoms with Crippen LogP contribution in [-0.2, 0) is 9.59 Å². The molecule has 0 bridgehead atoms. The molecule has 35 heavy (non-hydrogen) atoms. The van der Waals surface area contributed by atoms with Gasteiger partial charge in [0.05, 0.1) is 5.69 Å². The van der Waals surface area contributed by atoms with E-state index in [0.29, 0.717) is 0 Å². The lowest BCUT2D eigenvalue weighted by molar-refractivity contribution is -0.132. The first-order valence-electron chi connectivity index (χ1n) is 11.1. The molecule has 1 saturated heterocycles. The SMILES string of the molecule is Cc1ccc(N(c2ccccc2)c2ccc(C=C3C(=O)N(C)C(=S)N(C)C3=O)s2)c2ccccc12. The second kappa shape index (κ2) is 9.09. The number of hydrogen-bond acceptors (Lipinski definition) is 5. The van der Waals surface area contributed by atoms with Crippen LogP contribution in [0.25, 0.3) is 16.8 Å². The number of carbonyl (C=O) groups is 2. The van der Waals surface area contributed by atoms with Crippen molar-refractivity contribution in [3.8, 4) is 0 Å². The van der Waals surface area contributed by atoms with Crippen molar-refractivity contribution in [3.05, 3.63) is 94.9 Å². The summed E-state index contributed by atoms with van der Waals surface area (Å²) in [7, 11) is 3.17. The highest BCUT2D eigenvalue weighted by atomic mass is 32.1. The summed E-state index contributed by atoms with van der Waals surface area (Å²) >= 11 is 6.72. The average molecular weight is 498 g/mol. The van der Waals surface area contributed by atoms with Crippen molar-refractivity contribution in [2.75, 3.05) is 19.0 Å². The maximum Gasteiger partial charge on any atom is 0.265 e. The standard InChI is InChI=1S/C28H23N3O2S2/c1-18-13-15-24(22-12-8-7-11-21(18)22)31(19-9-5-4-6-10-19)25-16-14-20(35-25)17-23-26(32)29(2)28(34)30(3)27(23)33/h4-17H,1-3H3. The van der Waals surface area contributed by atoms with Crippen LogP contribution in [0.1, 0.15) is 10.4 Å². The Kier molecular flexibility index (Phi) is 5.96. The Balaban J connectivity index is 1.63. The number of amides is 2. The number of aryl methyl sites for hydroxylation is 1. The minimum Gasteiger partial charge on any atom is -0.301 e. The van der Waals surface area contributed by atoms with Crippen molar-refractivity contribution in [1.29, 1.82) is 0 Å². The monoisotopic (exact) mass is 497 g/mol. The van der Waals surface area contributed by atoms with E-state index in [0.717, 1.165) is 26.6 Å². The van der Waals surface area contributed by atoms with Gasteiger partial charge in [0, 0.05) is 30.0 Å². The van der Waals surface area contributed by atoms with Crippen LogP contribution >= 0.6 is 23.6 Å². The number of carbonyl (C=O) groups excluding carboxylic acids is 2. The van der Waals surface area contributed by atoms with Crippen LogP contribution in [0.4, 0.5) is 16.4 Å². The second-order valence-corrected chi connectivity index (χ2v) is 9.82. The molecule has 0 saturated carbocycles. The van der Waals surface area contributed by atoms with Gasteiger partial charge in [-0.2, -0.15) is 0 Å². The summed E-state index contributed by atoms with van der Waals surface area (Å²) in [6, 6.07) is 26.8. The second-order valence-electron chi connectivity index (χ2n) is 8.36. The Labute approximate surface area is 213 Å². The number of hydrogen-bond donors (Lipinski definition) is 0. The number of benzene rings is 3. The van der Waals surface area contributed by atoms with Gasteiger partial charge in [-0.3, -0.25) is 19.4 Å². The van der Waals surface area contributed by atoms with E-state index in [-0.39, 0.29) is 10.7 Å². The van der Waals surface area contributed by atoms with Crippen LogP contribution in [0, 0.1) is 6.92 Å². The summed E-state index contributed by atoms with van der Waals surface area (Å²) in [5.74, 6) is -0.782. The third-order valence-corrected chi connectivity index (χ3v) is 7.70. The zero-order valence-electron chi connectivity index (χ0n) is 19.6. The van der Waals surface area contributed by atoms with Crippen LogP contribution in [0.2, 0.25) is 0 Å². The molecule has 1 aliphatic rings. The van der Waals surface area contributed by atoms with Gasteiger partial charge in [0.25, 0.3) is 11.8 Å². The Morgan fingerprint density at radius 1 is 0.800 bits per heavy atom. The molecule has 1 aliphatic heterocycles.